The SMILES string of the molecule is CCCC(C)N(C)c1cc(S(=O)(=O)NCC)ccc1N. The van der Waals surface area contributed by atoms with Crippen LogP contribution < -0.4 is 15.4 Å². The number of benzene rings is 1. The monoisotopic (exact) mass is 299 g/mol. The lowest BCUT2D eigenvalue weighted by Crippen LogP contribution is -2.30. The van der Waals surface area contributed by atoms with Gasteiger partial charge >= 0.3 is 0 Å². The highest BCUT2D eigenvalue weighted by atomic mass is 32.2. The van der Waals surface area contributed by atoms with E-state index in [1.165, 1.54) is 6.07 Å². The fourth-order valence-electron chi connectivity index (χ4n) is 2.12. The minimum absolute atomic E-state index is 0.249. The number of nitrogens with zero attached hydrogens (tertiary/aromatic N) is 1. The number of hydrogen-bond donors (Lipinski definition) is 2. The van der Waals surface area contributed by atoms with Crippen LogP contribution in [0.1, 0.15) is 33.6 Å². The lowest BCUT2D eigenvalue weighted by molar-refractivity contribution is 0.583. The molecule has 1 aromatic carbocycles. The third-order valence-corrected chi connectivity index (χ3v) is 4.94. The Bertz CT molecular complexity index is 543. The minimum atomic E-state index is -3.45. The minimum Gasteiger partial charge on any atom is -0.397 e. The second-order valence-corrected chi connectivity index (χ2v) is 6.74. The normalized spacial score (nSPS) is 13.2. The summed E-state index contributed by atoms with van der Waals surface area (Å²) >= 11 is 0. The zero-order chi connectivity index (χ0) is 15.3. The van der Waals surface area contributed by atoms with Gasteiger partial charge in [-0.3, -0.25) is 0 Å². The molecule has 20 heavy (non-hydrogen) atoms. The summed E-state index contributed by atoms with van der Waals surface area (Å²) < 4.78 is 26.6. The summed E-state index contributed by atoms with van der Waals surface area (Å²) in [6, 6.07) is 5.13. The Morgan fingerprint density at radius 2 is 2.00 bits per heavy atom. The van der Waals surface area contributed by atoms with Crippen molar-refractivity contribution in [3.8, 4) is 0 Å². The summed E-state index contributed by atoms with van der Waals surface area (Å²) in [6.45, 7) is 6.35. The summed E-state index contributed by atoms with van der Waals surface area (Å²) in [4.78, 5) is 2.28. The fourth-order valence-corrected chi connectivity index (χ4v) is 3.18. The van der Waals surface area contributed by atoms with Crippen molar-refractivity contribution in [1.82, 2.24) is 4.72 Å². The van der Waals surface area contributed by atoms with E-state index in [0.29, 0.717) is 18.3 Å². The molecule has 0 radical (unpaired) electrons. The molecule has 0 amide bonds. The molecule has 114 valence electrons. The second-order valence-electron chi connectivity index (χ2n) is 4.97. The number of nitrogens with two attached hydrogens (primary N) is 1. The Labute approximate surface area is 122 Å². The lowest BCUT2D eigenvalue weighted by atomic mass is 10.1. The fraction of sp³-hybridized carbons (Fsp3) is 0.571. The van der Waals surface area contributed by atoms with Crippen molar-refractivity contribution in [2.45, 2.75) is 44.6 Å². The molecule has 0 saturated carbocycles. The van der Waals surface area contributed by atoms with Crippen LogP contribution in [-0.4, -0.2) is 28.1 Å². The summed E-state index contributed by atoms with van der Waals surface area (Å²) in [6.07, 6.45) is 2.10. The number of hydrogen-bond acceptors (Lipinski definition) is 4. The van der Waals surface area contributed by atoms with Crippen molar-refractivity contribution in [2.75, 3.05) is 24.2 Å². The molecule has 0 aliphatic heterocycles. The highest BCUT2D eigenvalue weighted by Gasteiger charge is 2.17. The first-order valence-corrected chi connectivity index (χ1v) is 8.43. The molecule has 0 heterocycles. The predicted octanol–water partition coefficient (Wildman–Crippen LogP) is 2.19. The Morgan fingerprint density at radius 1 is 1.35 bits per heavy atom. The number of rotatable bonds is 7. The van der Waals surface area contributed by atoms with Crippen LogP contribution in [-0.2, 0) is 10.0 Å². The molecule has 0 aliphatic carbocycles. The molecule has 3 N–H and O–H groups in total. The smallest absolute Gasteiger partial charge is 0.240 e. The summed E-state index contributed by atoms with van der Waals surface area (Å²) in [5, 5.41) is 0. The maximum atomic E-state index is 12.0. The molecule has 1 atom stereocenters. The van der Waals surface area contributed by atoms with Crippen LogP contribution in [0.3, 0.4) is 0 Å². The first-order valence-electron chi connectivity index (χ1n) is 6.95. The Hall–Kier alpha value is -1.27. The highest BCUT2D eigenvalue weighted by Crippen LogP contribution is 2.28. The third-order valence-electron chi connectivity index (χ3n) is 3.39. The van der Waals surface area contributed by atoms with E-state index in [2.05, 4.69) is 18.6 Å². The maximum absolute atomic E-state index is 12.0. The third kappa shape index (κ3) is 3.86. The maximum Gasteiger partial charge on any atom is 0.240 e. The van der Waals surface area contributed by atoms with Crippen LogP contribution in [0.5, 0.6) is 0 Å². The van der Waals surface area contributed by atoms with E-state index in [-0.39, 0.29) is 4.90 Å². The van der Waals surface area contributed by atoms with Gasteiger partial charge in [-0.1, -0.05) is 20.3 Å². The van der Waals surface area contributed by atoms with Crippen LogP contribution in [0.25, 0.3) is 0 Å². The van der Waals surface area contributed by atoms with Gasteiger partial charge in [-0.2, -0.15) is 0 Å². The highest BCUT2D eigenvalue weighted by molar-refractivity contribution is 7.89. The van der Waals surface area contributed by atoms with E-state index in [1.54, 1.807) is 19.1 Å². The second kappa shape index (κ2) is 6.95. The van der Waals surface area contributed by atoms with Crippen molar-refractivity contribution in [3.63, 3.8) is 0 Å². The molecule has 5 nitrogen and oxygen atoms in total. The Kier molecular flexibility index (Phi) is 5.83. The summed E-state index contributed by atoms with van der Waals surface area (Å²) in [5.41, 5.74) is 7.33. The number of sulfonamides is 1. The van der Waals surface area contributed by atoms with Gasteiger partial charge in [0.1, 0.15) is 0 Å². The summed E-state index contributed by atoms with van der Waals surface area (Å²) in [5.74, 6) is 0. The van der Waals surface area contributed by atoms with Gasteiger partial charge in [-0.25, -0.2) is 13.1 Å². The number of anilines is 2. The number of nitrogen functional groups attached to an aromatic ring is 1. The first-order chi connectivity index (χ1) is 9.33. The van der Waals surface area contributed by atoms with Gasteiger partial charge in [-0.05, 0) is 31.5 Å². The van der Waals surface area contributed by atoms with Crippen LogP contribution >= 0.6 is 0 Å². The topological polar surface area (TPSA) is 75.4 Å². The zero-order valence-electron chi connectivity index (χ0n) is 12.7. The van der Waals surface area contributed by atoms with Gasteiger partial charge in [0, 0.05) is 19.6 Å². The molecule has 6 heteroatoms. The van der Waals surface area contributed by atoms with Crippen LogP contribution in [0.2, 0.25) is 0 Å². The van der Waals surface area contributed by atoms with Crippen molar-refractivity contribution >= 4 is 21.4 Å². The van der Waals surface area contributed by atoms with Gasteiger partial charge in [0.15, 0.2) is 0 Å². The van der Waals surface area contributed by atoms with E-state index in [4.69, 9.17) is 5.73 Å². The van der Waals surface area contributed by atoms with E-state index >= 15 is 0 Å². The Morgan fingerprint density at radius 3 is 2.55 bits per heavy atom. The zero-order valence-corrected chi connectivity index (χ0v) is 13.5. The summed E-state index contributed by atoms with van der Waals surface area (Å²) in [7, 11) is -1.51. The molecular formula is C14H25N3O2S. The van der Waals surface area contributed by atoms with Gasteiger partial charge < -0.3 is 10.6 Å². The van der Waals surface area contributed by atoms with Gasteiger partial charge in [0.2, 0.25) is 10.0 Å². The average molecular weight is 299 g/mol. The van der Waals surface area contributed by atoms with E-state index < -0.39 is 10.0 Å². The molecule has 0 bridgehead atoms. The number of nitrogens with one attached hydrogen (secondary N) is 1. The van der Waals surface area contributed by atoms with E-state index in [9.17, 15) is 8.42 Å². The Balaban J connectivity index is 3.15. The lowest BCUT2D eigenvalue weighted by Gasteiger charge is -2.28. The molecule has 0 fully saturated rings. The van der Waals surface area contributed by atoms with Crippen molar-refractivity contribution in [1.29, 1.82) is 0 Å². The largest absolute Gasteiger partial charge is 0.397 e. The van der Waals surface area contributed by atoms with Crippen LogP contribution in [0.15, 0.2) is 23.1 Å². The standard InChI is InChI=1S/C14H25N3O2S/c1-5-7-11(3)17(4)14-10-12(8-9-13(14)15)20(18,19)16-6-2/h8-11,16H,5-7,15H2,1-4H3. The molecule has 1 unspecified atom stereocenters. The molecule has 0 spiro atoms. The van der Waals surface area contributed by atoms with Gasteiger partial charge in [0.05, 0.1) is 16.3 Å². The molecule has 0 aliphatic rings. The molecular weight excluding hydrogens is 274 g/mol. The quantitative estimate of drug-likeness (QED) is 0.757. The molecule has 0 saturated heterocycles. The van der Waals surface area contributed by atoms with Crippen LogP contribution in [0, 0.1) is 0 Å². The van der Waals surface area contributed by atoms with Crippen LogP contribution in [0.4, 0.5) is 11.4 Å². The molecule has 1 aromatic rings. The van der Waals surface area contributed by atoms with Crippen molar-refractivity contribution < 1.29 is 8.42 Å². The first kappa shape index (κ1) is 16.8. The van der Waals surface area contributed by atoms with Gasteiger partial charge in [-0.15, -0.1) is 0 Å². The van der Waals surface area contributed by atoms with Crippen molar-refractivity contribution in [2.24, 2.45) is 0 Å². The predicted molar refractivity (Wildman–Crippen MR) is 84.5 cm³/mol. The molecule has 0 aromatic heterocycles. The molecule has 1 rings (SSSR count). The average Bonchev–Trinajstić information content (AvgIpc) is 2.38. The van der Waals surface area contributed by atoms with E-state index in [0.717, 1.165) is 18.5 Å². The van der Waals surface area contributed by atoms with Gasteiger partial charge in [0.25, 0.3) is 0 Å². The van der Waals surface area contributed by atoms with E-state index in [1.807, 2.05) is 11.9 Å². The van der Waals surface area contributed by atoms with Crippen molar-refractivity contribution in [3.05, 3.63) is 18.2 Å².